The molecule has 0 unspecified atom stereocenters. The summed E-state index contributed by atoms with van der Waals surface area (Å²) in [7, 11) is 0. The lowest BCUT2D eigenvalue weighted by Gasteiger charge is -2.24. The normalized spacial score (nSPS) is 17.3. The zero-order valence-corrected chi connectivity index (χ0v) is 13.4. The van der Waals surface area contributed by atoms with Gasteiger partial charge in [-0.15, -0.1) is 0 Å². The van der Waals surface area contributed by atoms with Gasteiger partial charge in [0.1, 0.15) is 6.61 Å². The predicted octanol–water partition coefficient (Wildman–Crippen LogP) is 4.64. The molecule has 1 aliphatic rings. The summed E-state index contributed by atoms with van der Waals surface area (Å²) in [5, 5.41) is 1.18. The Morgan fingerprint density at radius 1 is 1.17 bits per heavy atom. The van der Waals surface area contributed by atoms with E-state index in [1.807, 2.05) is 41.4 Å². The van der Waals surface area contributed by atoms with Gasteiger partial charge in [-0.05, 0) is 47.6 Å². The average Bonchev–Trinajstić information content (AvgIpc) is 3.28. The van der Waals surface area contributed by atoms with Gasteiger partial charge in [0.25, 0.3) is 0 Å². The Morgan fingerprint density at radius 2 is 2.04 bits per heavy atom. The Kier molecular flexibility index (Phi) is 3.95. The molecule has 122 valence electrons. The van der Waals surface area contributed by atoms with Gasteiger partial charge in [0.05, 0.1) is 6.04 Å². The van der Waals surface area contributed by atoms with E-state index in [1.165, 1.54) is 10.9 Å². The Labute approximate surface area is 141 Å². The van der Waals surface area contributed by atoms with E-state index in [-0.39, 0.29) is 12.1 Å². The molecule has 1 atom stereocenters. The topological polar surface area (TPSA) is 45.3 Å². The number of carbonyl (C=O) groups is 1. The number of nitrogens with one attached hydrogen (secondary N) is 1. The fraction of sp³-hybridized carbons (Fsp3) is 0.250. The molecule has 2 aromatic carbocycles. The van der Waals surface area contributed by atoms with Gasteiger partial charge in [-0.1, -0.05) is 36.4 Å². The number of likely N-dealkylation sites (tertiary alicyclic amines) is 1. The maximum Gasteiger partial charge on any atom is 0.410 e. The summed E-state index contributed by atoms with van der Waals surface area (Å²) in [5.74, 6) is 0. The standard InChI is InChI=1S/C20H20N2O2/c23-20(24-14-15-5-2-1-3-6-15)22-12-4-7-19(22)17-8-9-18-16(13-17)10-11-21-18/h1-3,5-6,8-11,13,19,21H,4,7,12,14H2/t19-/m1/s1. The van der Waals surface area contributed by atoms with Crippen molar-refractivity contribution in [3.63, 3.8) is 0 Å². The zero-order valence-electron chi connectivity index (χ0n) is 13.4. The minimum Gasteiger partial charge on any atom is -0.445 e. The van der Waals surface area contributed by atoms with Crippen molar-refractivity contribution in [3.8, 4) is 0 Å². The summed E-state index contributed by atoms with van der Waals surface area (Å²) < 4.78 is 5.52. The first kappa shape index (κ1) is 14.8. The van der Waals surface area contributed by atoms with Gasteiger partial charge in [-0.2, -0.15) is 0 Å². The van der Waals surface area contributed by atoms with Crippen molar-refractivity contribution in [2.75, 3.05) is 6.54 Å². The molecule has 1 amide bonds. The number of benzene rings is 2. The lowest BCUT2D eigenvalue weighted by molar-refractivity contribution is 0.0921. The summed E-state index contributed by atoms with van der Waals surface area (Å²) in [6.07, 6.45) is 3.71. The van der Waals surface area contributed by atoms with Gasteiger partial charge in [0.2, 0.25) is 0 Å². The second-order valence-corrected chi connectivity index (χ2v) is 6.22. The lowest BCUT2D eigenvalue weighted by Crippen LogP contribution is -2.31. The molecular formula is C20H20N2O2. The van der Waals surface area contributed by atoms with Crippen LogP contribution in [0.3, 0.4) is 0 Å². The third-order valence-electron chi connectivity index (χ3n) is 4.65. The first-order chi connectivity index (χ1) is 11.8. The van der Waals surface area contributed by atoms with Crippen molar-refractivity contribution in [2.24, 2.45) is 0 Å². The number of carbonyl (C=O) groups excluding carboxylic acids is 1. The minimum atomic E-state index is -0.226. The third kappa shape index (κ3) is 2.87. The van der Waals surface area contributed by atoms with Gasteiger partial charge < -0.3 is 14.6 Å². The van der Waals surface area contributed by atoms with Crippen molar-refractivity contribution in [3.05, 3.63) is 71.9 Å². The van der Waals surface area contributed by atoms with E-state index >= 15 is 0 Å². The number of fused-ring (bicyclic) bond motifs is 1. The smallest absolute Gasteiger partial charge is 0.410 e. The number of amides is 1. The Hall–Kier alpha value is -2.75. The minimum absolute atomic E-state index is 0.104. The average molecular weight is 320 g/mol. The van der Waals surface area contributed by atoms with Gasteiger partial charge in [-0.25, -0.2) is 4.79 Å². The fourth-order valence-corrected chi connectivity index (χ4v) is 3.41. The van der Waals surface area contributed by atoms with Crippen LogP contribution in [0, 0.1) is 0 Å². The van der Waals surface area contributed by atoms with Crippen LogP contribution in [-0.4, -0.2) is 22.5 Å². The van der Waals surface area contributed by atoms with Gasteiger partial charge in [0.15, 0.2) is 0 Å². The summed E-state index contributed by atoms with van der Waals surface area (Å²) in [6, 6.07) is 18.3. The fourth-order valence-electron chi connectivity index (χ4n) is 3.41. The number of hydrogen-bond donors (Lipinski definition) is 1. The molecule has 4 heteroatoms. The first-order valence-corrected chi connectivity index (χ1v) is 8.35. The van der Waals surface area contributed by atoms with Crippen LogP contribution in [0.1, 0.15) is 30.0 Å². The molecule has 0 bridgehead atoms. The second-order valence-electron chi connectivity index (χ2n) is 6.22. The highest BCUT2D eigenvalue weighted by Gasteiger charge is 2.31. The molecule has 3 aromatic rings. The summed E-state index contributed by atoms with van der Waals surface area (Å²) in [4.78, 5) is 17.6. The van der Waals surface area contributed by atoms with Gasteiger partial charge in [-0.3, -0.25) is 0 Å². The number of nitrogens with zero attached hydrogens (tertiary/aromatic N) is 1. The van der Waals surface area contributed by atoms with Crippen LogP contribution in [0.2, 0.25) is 0 Å². The Balaban J connectivity index is 1.48. The van der Waals surface area contributed by atoms with E-state index in [2.05, 4.69) is 29.2 Å². The third-order valence-corrected chi connectivity index (χ3v) is 4.65. The first-order valence-electron chi connectivity index (χ1n) is 8.35. The molecule has 4 rings (SSSR count). The van der Waals surface area contributed by atoms with Crippen LogP contribution < -0.4 is 0 Å². The second kappa shape index (κ2) is 6.40. The van der Waals surface area contributed by atoms with E-state index in [0.717, 1.165) is 30.5 Å². The number of hydrogen-bond acceptors (Lipinski definition) is 2. The van der Waals surface area contributed by atoms with Crippen LogP contribution >= 0.6 is 0 Å². The molecule has 4 nitrogen and oxygen atoms in total. The van der Waals surface area contributed by atoms with E-state index in [1.54, 1.807) is 0 Å². The predicted molar refractivity (Wildman–Crippen MR) is 93.6 cm³/mol. The molecule has 1 saturated heterocycles. The highest BCUT2D eigenvalue weighted by Crippen LogP contribution is 2.33. The van der Waals surface area contributed by atoms with E-state index in [0.29, 0.717) is 6.61 Å². The van der Waals surface area contributed by atoms with Crippen LogP contribution in [0.25, 0.3) is 10.9 Å². The molecular weight excluding hydrogens is 300 g/mol. The summed E-state index contributed by atoms with van der Waals surface area (Å²) in [5.41, 5.74) is 3.31. The maximum absolute atomic E-state index is 12.5. The number of aromatic amines is 1. The molecule has 0 spiro atoms. The maximum atomic E-state index is 12.5. The van der Waals surface area contributed by atoms with E-state index in [4.69, 9.17) is 4.74 Å². The molecule has 24 heavy (non-hydrogen) atoms. The van der Waals surface area contributed by atoms with Gasteiger partial charge in [0, 0.05) is 18.3 Å². The highest BCUT2D eigenvalue weighted by atomic mass is 16.6. The number of aromatic nitrogens is 1. The lowest BCUT2D eigenvalue weighted by atomic mass is 10.0. The number of rotatable bonds is 3. The summed E-state index contributed by atoms with van der Waals surface area (Å²) in [6.45, 7) is 1.07. The Morgan fingerprint density at radius 3 is 2.92 bits per heavy atom. The number of ether oxygens (including phenoxy) is 1. The monoisotopic (exact) mass is 320 g/mol. The largest absolute Gasteiger partial charge is 0.445 e. The van der Waals surface area contributed by atoms with Crippen LogP contribution in [0.5, 0.6) is 0 Å². The van der Waals surface area contributed by atoms with Crippen LogP contribution in [-0.2, 0) is 11.3 Å². The van der Waals surface area contributed by atoms with Crippen molar-refractivity contribution < 1.29 is 9.53 Å². The molecule has 1 aliphatic heterocycles. The zero-order chi connectivity index (χ0) is 16.4. The van der Waals surface area contributed by atoms with Crippen molar-refractivity contribution >= 4 is 17.0 Å². The van der Waals surface area contributed by atoms with Crippen LogP contribution in [0.4, 0.5) is 4.79 Å². The molecule has 2 heterocycles. The van der Waals surface area contributed by atoms with Crippen molar-refractivity contribution in [1.29, 1.82) is 0 Å². The SMILES string of the molecule is O=C(OCc1ccccc1)N1CCC[C@@H]1c1ccc2[nH]ccc2c1. The molecule has 0 saturated carbocycles. The van der Waals surface area contributed by atoms with Crippen molar-refractivity contribution in [2.45, 2.75) is 25.5 Å². The quantitative estimate of drug-likeness (QED) is 0.764. The number of H-pyrrole nitrogens is 1. The van der Waals surface area contributed by atoms with Crippen molar-refractivity contribution in [1.82, 2.24) is 9.88 Å². The Bertz CT molecular complexity index is 841. The summed E-state index contributed by atoms with van der Waals surface area (Å²) >= 11 is 0. The molecule has 0 radical (unpaired) electrons. The van der Waals surface area contributed by atoms with E-state index in [9.17, 15) is 4.79 Å². The molecule has 0 aliphatic carbocycles. The van der Waals surface area contributed by atoms with Gasteiger partial charge >= 0.3 is 6.09 Å². The molecule has 1 N–H and O–H groups in total. The molecule has 1 aromatic heterocycles. The van der Waals surface area contributed by atoms with E-state index < -0.39 is 0 Å². The molecule has 1 fully saturated rings. The van der Waals surface area contributed by atoms with Crippen LogP contribution in [0.15, 0.2) is 60.8 Å². The highest BCUT2D eigenvalue weighted by molar-refractivity contribution is 5.80.